The second-order valence-corrected chi connectivity index (χ2v) is 4.92. The predicted molar refractivity (Wildman–Crippen MR) is 67.0 cm³/mol. The zero-order valence-electron chi connectivity index (χ0n) is 9.94. The van der Waals surface area contributed by atoms with E-state index in [-0.39, 0.29) is 17.9 Å². The summed E-state index contributed by atoms with van der Waals surface area (Å²) in [5, 5.41) is 8.97. The van der Waals surface area contributed by atoms with E-state index in [1.54, 1.807) is 6.07 Å². The van der Waals surface area contributed by atoms with E-state index >= 15 is 0 Å². The third-order valence-electron chi connectivity index (χ3n) is 2.36. The summed E-state index contributed by atoms with van der Waals surface area (Å²) in [6.07, 6.45) is -3.15. The van der Waals surface area contributed by atoms with E-state index < -0.39 is 11.7 Å². The quantitative estimate of drug-likeness (QED) is 0.944. The van der Waals surface area contributed by atoms with E-state index in [0.29, 0.717) is 10.0 Å². The van der Waals surface area contributed by atoms with Gasteiger partial charge in [-0.05, 0) is 18.2 Å². The maximum Gasteiger partial charge on any atom is 0.420 e. The Hall–Kier alpha value is -2.27. The van der Waals surface area contributed by atoms with Crippen molar-refractivity contribution in [1.82, 2.24) is 4.98 Å². The molecule has 1 heterocycles. The Morgan fingerprint density at radius 3 is 2.70 bits per heavy atom. The van der Waals surface area contributed by atoms with E-state index in [1.165, 1.54) is 12.3 Å². The second kappa shape index (κ2) is 5.38. The van der Waals surface area contributed by atoms with Gasteiger partial charge in [-0.3, -0.25) is 0 Å². The molecule has 1 aromatic carbocycles. The van der Waals surface area contributed by atoms with Gasteiger partial charge in [-0.15, -0.1) is 0 Å². The van der Waals surface area contributed by atoms with Crippen LogP contribution < -0.4 is 10.5 Å². The third kappa shape index (κ3) is 3.19. The van der Waals surface area contributed by atoms with Crippen molar-refractivity contribution in [3.63, 3.8) is 0 Å². The molecule has 0 saturated heterocycles. The summed E-state index contributed by atoms with van der Waals surface area (Å²) >= 11 is 1.14. The maximum absolute atomic E-state index is 12.9. The molecule has 2 rings (SSSR count). The molecule has 1 aromatic heterocycles. The van der Waals surface area contributed by atoms with Crippen LogP contribution in [0.3, 0.4) is 0 Å². The van der Waals surface area contributed by atoms with Gasteiger partial charge in [0.25, 0.3) is 0 Å². The van der Waals surface area contributed by atoms with Crippen molar-refractivity contribution < 1.29 is 17.9 Å². The van der Waals surface area contributed by atoms with Gasteiger partial charge in [0.2, 0.25) is 0 Å². The molecule has 0 unspecified atom stereocenters. The van der Waals surface area contributed by atoms with Crippen LogP contribution in [0.1, 0.15) is 16.0 Å². The normalized spacial score (nSPS) is 11.1. The van der Waals surface area contributed by atoms with Crippen molar-refractivity contribution in [2.24, 2.45) is 0 Å². The smallest absolute Gasteiger partial charge is 0.420 e. The first-order chi connectivity index (χ1) is 9.40. The number of benzene rings is 1. The highest BCUT2D eigenvalue weighted by Crippen LogP contribution is 2.37. The fraction of sp³-hybridized carbons (Fsp3) is 0.167. The molecule has 0 saturated carbocycles. The van der Waals surface area contributed by atoms with Gasteiger partial charge in [0, 0.05) is 6.20 Å². The Morgan fingerprint density at radius 2 is 2.15 bits per heavy atom. The Labute approximate surface area is 116 Å². The molecular weight excluding hydrogens is 291 g/mol. The molecule has 2 aromatic rings. The van der Waals surface area contributed by atoms with Gasteiger partial charge < -0.3 is 10.5 Å². The number of nitriles is 1. The molecular formula is C12H8F3N3OS. The lowest BCUT2D eigenvalue weighted by Gasteiger charge is -2.13. The van der Waals surface area contributed by atoms with Crippen molar-refractivity contribution >= 4 is 16.5 Å². The van der Waals surface area contributed by atoms with Crippen molar-refractivity contribution in [2.45, 2.75) is 12.8 Å². The van der Waals surface area contributed by atoms with Crippen molar-refractivity contribution in [3.05, 3.63) is 40.4 Å². The summed E-state index contributed by atoms with van der Waals surface area (Å²) in [5.74, 6) is -0.330. The monoisotopic (exact) mass is 299 g/mol. The van der Waals surface area contributed by atoms with Gasteiger partial charge >= 0.3 is 6.18 Å². The predicted octanol–water partition coefficient (Wildman–Crippen LogP) is 3.19. The van der Waals surface area contributed by atoms with Crippen molar-refractivity contribution in [1.29, 1.82) is 5.26 Å². The molecule has 104 valence electrons. The number of anilines is 1. The highest BCUT2D eigenvalue weighted by molar-refractivity contribution is 7.15. The molecule has 0 fully saturated rings. The van der Waals surface area contributed by atoms with Gasteiger partial charge in [0.05, 0.1) is 22.1 Å². The van der Waals surface area contributed by atoms with Crippen LogP contribution in [0.15, 0.2) is 24.4 Å². The van der Waals surface area contributed by atoms with E-state index in [4.69, 9.17) is 15.7 Å². The number of hydrogen-bond donors (Lipinski definition) is 1. The minimum atomic E-state index is -4.59. The number of ether oxygens (including phenoxy) is 1. The molecule has 0 aliphatic carbocycles. The average molecular weight is 299 g/mol. The standard InChI is InChI=1S/C12H8F3N3OS/c13-12(14,15)9-3-7(4-16)1-2-10(9)19-6-8-5-18-11(17)20-8/h1-3,5H,6H2,(H2,17,18). The fourth-order valence-corrected chi connectivity index (χ4v) is 2.08. The molecule has 0 spiro atoms. The number of thiazole rings is 1. The van der Waals surface area contributed by atoms with Crippen LogP contribution >= 0.6 is 11.3 Å². The SMILES string of the molecule is N#Cc1ccc(OCc2cnc(N)s2)c(C(F)(F)F)c1. The number of hydrogen-bond acceptors (Lipinski definition) is 5. The first-order valence-electron chi connectivity index (χ1n) is 5.34. The summed E-state index contributed by atoms with van der Waals surface area (Å²) in [4.78, 5) is 4.39. The molecule has 0 aliphatic heterocycles. The van der Waals surface area contributed by atoms with Crippen LogP contribution in [0.2, 0.25) is 0 Å². The summed E-state index contributed by atoms with van der Waals surface area (Å²) in [5.41, 5.74) is 4.37. The van der Waals surface area contributed by atoms with Crippen molar-refractivity contribution in [3.8, 4) is 11.8 Å². The molecule has 20 heavy (non-hydrogen) atoms. The molecule has 0 bridgehead atoms. The number of aromatic nitrogens is 1. The van der Waals surface area contributed by atoms with Gasteiger partial charge in [-0.2, -0.15) is 18.4 Å². The summed E-state index contributed by atoms with van der Waals surface area (Å²) in [7, 11) is 0. The number of rotatable bonds is 3. The van der Waals surface area contributed by atoms with Crippen LogP contribution in [0.25, 0.3) is 0 Å². The van der Waals surface area contributed by atoms with Gasteiger partial charge in [-0.1, -0.05) is 11.3 Å². The second-order valence-electron chi connectivity index (χ2n) is 3.77. The number of halogens is 3. The van der Waals surface area contributed by atoms with Crippen molar-refractivity contribution in [2.75, 3.05) is 5.73 Å². The van der Waals surface area contributed by atoms with Crippen LogP contribution in [-0.4, -0.2) is 4.98 Å². The minimum Gasteiger partial charge on any atom is -0.487 e. The molecule has 0 radical (unpaired) electrons. The molecule has 0 atom stereocenters. The summed E-state index contributed by atoms with van der Waals surface area (Å²) < 4.78 is 43.8. The fourth-order valence-electron chi connectivity index (χ4n) is 1.49. The van der Waals surface area contributed by atoms with E-state index in [1.807, 2.05) is 0 Å². The Bertz CT molecular complexity index is 661. The minimum absolute atomic E-state index is 0.0656. The summed E-state index contributed by atoms with van der Waals surface area (Å²) in [6, 6.07) is 4.82. The number of alkyl halides is 3. The van der Waals surface area contributed by atoms with Crippen LogP contribution in [0.5, 0.6) is 5.75 Å². The number of nitrogens with two attached hydrogens (primary N) is 1. The Kier molecular flexibility index (Phi) is 3.81. The first-order valence-corrected chi connectivity index (χ1v) is 6.16. The first kappa shape index (κ1) is 14.1. The van der Waals surface area contributed by atoms with E-state index in [9.17, 15) is 13.2 Å². The lowest BCUT2D eigenvalue weighted by Crippen LogP contribution is -2.09. The zero-order chi connectivity index (χ0) is 14.8. The number of nitrogen functional groups attached to an aromatic ring is 1. The topological polar surface area (TPSA) is 71.9 Å². The van der Waals surface area contributed by atoms with E-state index in [0.717, 1.165) is 23.5 Å². The van der Waals surface area contributed by atoms with Gasteiger partial charge in [0.1, 0.15) is 12.4 Å². The van der Waals surface area contributed by atoms with Crippen LogP contribution in [0, 0.1) is 11.3 Å². The maximum atomic E-state index is 12.9. The van der Waals surface area contributed by atoms with Crippen LogP contribution in [-0.2, 0) is 12.8 Å². The zero-order valence-corrected chi connectivity index (χ0v) is 10.8. The highest BCUT2D eigenvalue weighted by Gasteiger charge is 2.34. The van der Waals surface area contributed by atoms with Gasteiger partial charge in [-0.25, -0.2) is 4.98 Å². The van der Waals surface area contributed by atoms with Gasteiger partial charge in [0.15, 0.2) is 5.13 Å². The van der Waals surface area contributed by atoms with E-state index in [2.05, 4.69) is 4.98 Å². The Balaban J connectivity index is 2.25. The van der Waals surface area contributed by atoms with Crippen LogP contribution in [0.4, 0.5) is 18.3 Å². The third-order valence-corrected chi connectivity index (χ3v) is 3.16. The lowest BCUT2D eigenvalue weighted by molar-refractivity contribution is -0.139. The molecule has 4 nitrogen and oxygen atoms in total. The Morgan fingerprint density at radius 1 is 1.40 bits per heavy atom. The molecule has 0 amide bonds. The highest BCUT2D eigenvalue weighted by atomic mass is 32.1. The average Bonchev–Trinajstić information content (AvgIpc) is 2.81. The molecule has 8 heteroatoms. The molecule has 0 aliphatic rings. The lowest BCUT2D eigenvalue weighted by atomic mass is 10.1. The number of nitrogens with zero attached hydrogens (tertiary/aromatic N) is 2. The largest absolute Gasteiger partial charge is 0.487 e. The summed E-state index contributed by atoms with van der Waals surface area (Å²) in [6.45, 7) is -0.0656. The molecule has 2 N–H and O–H groups in total.